The van der Waals surface area contributed by atoms with E-state index in [1.165, 1.54) is 12.1 Å². The molecule has 1 aromatic carbocycles. The van der Waals surface area contributed by atoms with E-state index in [4.69, 9.17) is 5.11 Å². The molecule has 0 atom stereocenters. The van der Waals surface area contributed by atoms with Crippen LogP contribution in [0.4, 0.5) is 15.9 Å². The number of aliphatic hydroxyl groups excluding tert-OH is 1. The summed E-state index contributed by atoms with van der Waals surface area (Å²) in [6.07, 6.45) is 0. The summed E-state index contributed by atoms with van der Waals surface area (Å²) in [7, 11) is 1.80. The van der Waals surface area contributed by atoms with Crippen molar-refractivity contribution in [3.8, 4) is 0 Å². The number of hydrogen-bond donors (Lipinski definition) is 1. The predicted molar refractivity (Wildman–Crippen MR) is 64.6 cm³/mol. The van der Waals surface area contributed by atoms with E-state index in [0.29, 0.717) is 17.2 Å². The van der Waals surface area contributed by atoms with E-state index in [1.807, 2.05) is 12.1 Å². The maximum Gasteiger partial charge on any atom is 0.133 e. The first-order valence-corrected chi connectivity index (χ1v) is 5.27. The summed E-state index contributed by atoms with van der Waals surface area (Å²) in [4.78, 5) is 6.02. The van der Waals surface area contributed by atoms with Gasteiger partial charge >= 0.3 is 0 Å². The first kappa shape index (κ1) is 11.5. The number of aromatic nitrogens is 1. The molecule has 1 aromatic heterocycles. The Hall–Kier alpha value is -1.94. The lowest BCUT2D eigenvalue weighted by Crippen LogP contribution is -2.12. The monoisotopic (exact) mass is 232 g/mol. The number of aliphatic hydroxyl groups is 1. The number of hydrogen-bond acceptors (Lipinski definition) is 3. The smallest absolute Gasteiger partial charge is 0.133 e. The minimum Gasteiger partial charge on any atom is -0.390 e. The van der Waals surface area contributed by atoms with Crippen LogP contribution in [0.3, 0.4) is 0 Å². The SMILES string of the molecule is CN(c1cccc(F)c1)c1cccc(CO)n1. The Kier molecular flexibility index (Phi) is 3.35. The predicted octanol–water partition coefficient (Wildman–Crippen LogP) is 2.48. The summed E-state index contributed by atoms with van der Waals surface area (Å²) in [6, 6.07) is 11.6. The number of halogens is 1. The molecule has 0 radical (unpaired) electrons. The van der Waals surface area contributed by atoms with Crippen molar-refractivity contribution in [1.29, 1.82) is 0 Å². The molecular formula is C13H13FN2O. The molecule has 2 rings (SSSR count). The van der Waals surface area contributed by atoms with Crippen molar-refractivity contribution in [1.82, 2.24) is 4.98 Å². The van der Waals surface area contributed by atoms with Gasteiger partial charge in [0.25, 0.3) is 0 Å². The Morgan fingerprint density at radius 1 is 1.24 bits per heavy atom. The Bertz CT molecular complexity index is 516. The van der Waals surface area contributed by atoms with Crippen molar-refractivity contribution in [3.05, 3.63) is 54.0 Å². The standard InChI is InChI=1S/C13H13FN2O/c1-16(12-6-2-4-10(14)8-12)13-7-3-5-11(9-17)15-13/h2-8,17H,9H2,1H3. The van der Waals surface area contributed by atoms with Gasteiger partial charge < -0.3 is 10.0 Å². The number of benzene rings is 1. The van der Waals surface area contributed by atoms with E-state index >= 15 is 0 Å². The first-order valence-electron chi connectivity index (χ1n) is 5.27. The van der Waals surface area contributed by atoms with Crippen molar-refractivity contribution in [3.63, 3.8) is 0 Å². The largest absolute Gasteiger partial charge is 0.390 e. The van der Waals surface area contributed by atoms with E-state index < -0.39 is 0 Å². The van der Waals surface area contributed by atoms with Gasteiger partial charge in [-0.05, 0) is 30.3 Å². The topological polar surface area (TPSA) is 36.4 Å². The fourth-order valence-electron chi connectivity index (χ4n) is 1.56. The summed E-state index contributed by atoms with van der Waals surface area (Å²) in [5.74, 6) is 0.384. The van der Waals surface area contributed by atoms with E-state index in [9.17, 15) is 4.39 Å². The Labute approximate surface area is 99.2 Å². The Morgan fingerprint density at radius 2 is 2.00 bits per heavy atom. The van der Waals surface area contributed by atoms with Gasteiger partial charge in [0.2, 0.25) is 0 Å². The molecule has 0 fully saturated rings. The number of anilines is 2. The van der Waals surface area contributed by atoms with E-state index in [2.05, 4.69) is 4.98 Å². The molecule has 0 saturated carbocycles. The summed E-state index contributed by atoms with van der Waals surface area (Å²) in [5.41, 5.74) is 1.30. The Balaban J connectivity index is 2.33. The van der Waals surface area contributed by atoms with Gasteiger partial charge in [0.05, 0.1) is 12.3 Å². The zero-order chi connectivity index (χ0) is 12.3. The number of pyridine rings is 1. The Morgan fingerprint density at radius 3 is 2.71 bits per heavy atom. The molecule has 4 heteroatoms. The second-order valence-corrected chi connectivity index (χ2v) is 3.68. The molecule has 3 nitrogen and oxygen atoms in total. The zero-order valence-electron chi connectivity index (χ0n) is 9.47. The van der Waals surface area contributed by atoms with E-state index in [0.717, 1.165) is 0 Å². The highest BCUT2D eigenvalue weighted by atomic mass is 19.1. The minimum atomic E-state index is -0.285. The quantitative estimate of drug-likeness (QED) is 0.883. The normalized spacial score (nSPS) is 10.3. The molecule has 88 valence electrons. The van der Waals surface area contributed by atoms with Crippen LogP contribution in [-0.4, -0.2) is 17.1 Å². The summed E-state index contributed by atoms with van der Waals surface area (Å²) < 4.78 is 13.1. The van der Waals surface area contributed by atoms with Gasteiger partial charge in [-0.1, -0.05) is 12.1 Å². The molecule has 0 saturated heterocycles. The molecule has 0 unspecified atom stereocenters. The molecule has 0 aliphatic carbocycles. The van der Waals surface area contributed by atoms with Gasteiger partial charge in [-0.15, -0.1) is 0 Å². The van der Waals surface area contributed by atoms with Crippen molar-refractivity contribution in [2.75, 3.05) is 11.9 Å². The van der Waals surface area contributed by atoms with E-state index in [-0.39, 0.29) is 12.4 Å². The van der Waals surface area contributed by atoms with Crippen LogP contribution in [-0.2, 0) is 6.61 Å². The molecule has 2 aromatic rings. The van der Waals surface area contributed by atoms with Crippen LogP contribution in [0.2, 0.25) is 0 Å². The van der Waals surface area contributed by atoms with Crippen molar-refractivity contribution >= 4 is 11.5 Å². The molecule has 1 heterocycles. The van der Waals surface area contributed by atoms with Gasteiger partial charge in [0, 0.05) is 12.7 Å². The second kappa shape index (κ2) is 4.93. The zero-order valence-corrected chi connectivity index (χ0v) is 9.47. The third kappa shape index (κ3) is 2.60. The van der Waals surface area contributed by atoms with Crippen molar-refractivity contribution in [2.24, 2.45) is 0 Å². The lowest BCUT2D eigenvalue weighted by Gasteiger charge is -2.18. The average Bonchev–Trinajstić information content (AvgIpc) is 2.38. The molecule has 1 N–H and O–H groups in total. The van der Waals surface area contributed by atoms with Gasteiger partial charge in [-0.25, -0.2) is 9.37 Å². The number of rotatable bonds is 3. The summed E-state index contributed by atoms with van der Waals surface area (Å²) in [6.45, 7) is -0.106. The van der Waals surface area contributed by atoms with Crippen LogP contribution in [0.5, 0.6) is 0 Å². The van der Waals surface area contributed by atoms with Crippen LogP contribution < -0.4 is 4.90 Å². The van der Waals surface area contributed by atoms with Crippen molar-refractivity contribution < 1.29 is 9.50 Å². The fourth-order valence-corrected chi connectivity index (χ4v) is 1.56. The number of nitrogens with zero attached hydrogens (tertiary/aromatic N) is 2. The average molecular weight is 232 g/mol. The van der Waals surface area contributed by atoms with Gasteiger partial charge in [-0.2, -0.15) is 0 Å². The fraction of sp³-hybridized carbons (Fsp3) is 0.154. The molecule has 0 aliphatic rings. The molecule has 0 spiro atoms. The van der Waals surface area contributed by atoms with Gasteiger partial charge in [0.15, 0.2) is 0 Å². The molecule has 17 heavy (non-hydrogen) atoms. The maximum absolute atomic E-state index is 13.1. The van der Waals surface area contributed by atoms with Gasteiger partial charge in [0.1, 0.15) is 11.6 Å². The second-order valence-electron chi connectivity index (χ2n) is 3.68. The molecule has 0 amide bonds. The van der Waals surface area contributed by atoms with E-state index in [1.54, 1.807) is 30.1 Å². The van der Waals surface area contributed by atoms with Crippen LogP contribution in [0.15, 0.2) is 42.5 Å². The molecular weight excluding hydrogens is 219 g/mol. The molecule has 0 aliphatic heterocycles. The van der Waals surface area contributed by atoms with Crippen LogP contribution in [0.1, 0.15) is 5.69 Å². The minimum absolute atomic E-state index is 0.106. The van der Waals surface area contributed by atoms with Crippen molar-refractivity contribution in [2.45, 2.75) is 6.61 Å². The maximum atomic E-state index is 13.1. The van der Waals surface area contributed by atoms with Crippen LogP contribution in [0, 0.1) is 5.82 Å². The van der Waals surface area contributed by atoms with Crippen LogP contribution in [0.25, 0.3) is 0 Å². The summed E-state index contributed by atoms with van der Waals surface area (Å²) >= 11 is 0. The highest BCUT2D eigenvalue weighted by molar-refractivity contribution is 5.58. The lowest BCUT2D eigenvalue weighted by molar-refractivity contribution is 0.277. The summed E-state index contributed by atoms with van der Waals surface area (Å²) in [5, 5.41) is 9.02. The highest BCUT2D eigenvalue weighted by Crippen LogP contribution is 2.22. The van der Waals surface area contributed by atoms with Crippen LogP contribution >= 0.6 is 0 Å². The third-order valence-electron chi connectivity index (χ3n) is 2.49. The first-order chi connectivity index (χ1) is 8.20. The lowest BCUT2D eigenvalue weighted by atomic mass is 10.2. The molecule has 0 bridgehead atoms. The third-order valence-corrected chi connectivity index (χ3v) is 2.49. The highest BCUT2D eigenvalue weighted by Gasteiger charge is 2.06. The van der Waals surface area contributed by atoms with Gasteiger partial charge in [-0.3, -0.25) is 0 Å².